The molecule has 1 amide bonds. The second-order valence-electron chi connectivity index (χ2n) is 4.89. The topological polar surface area (TPSA) is 64.1 Å². The summed E-state index contributed by atoms with van der Waals surface area (Å²) >= 11 is 4.74. The molecule has 0 aliphatic carbocycles. The third kappa shape index (κ3) is 5.43. The summed E-state index contributed by atoms with van der Waals surface area (Å²) in [5.41, 5.74) is 0. The molecule has 0 saturated heterocycles. The molecule has 0 unspecified atom stereocenters. The van der Waals surface area contributed by atoms with Gasteiger partial charge >= 0.3 is 0 Å². The Hall–Kier alpha value is -1.47. The maximum absolute atomic E-state index is 11.8. The molecule has 0 fully saturated rings. The van der Waals surface area contributed by atoms with Crippen molar-refractivity contribution >= 4 is 38.3 Å². The van der Waals surface area contributed by atoms with E-state index in [0.29, 0.717) is 16.8 Å². The van der Waals surface area contributed by atoms with Crippen molar-refractivity contribution in [1.29, 1.82) is 0 Å². The van der Waals surface area contributed by atoms with E-state index in [1.54, 1.807) is 12.1 Å². The van der Waals surface area contributed by atoms with E-state index in [4.69, 9.17) is 4.74 Å². The predicted molar refractivity (Wildman–Crippen MR) is 86.7 cm³/mol. The average Bonchev–Trinajstić information content (AvgIpc) is 2.84. The van der Waals surface area contributed by atoms with Crippen LogP contribution in [0, 0.1) is 5.92 Å². The lowest BCUT2D eigenvalue weighted by atomic mass is 10.1. The molecule has 0 aliphatic rings. The van der Waals surface area contributed by atoms with Gasteiger partial charge in [0.05, 0.1) is 0 Å². The number of rotatable bonds is 6. The third-order valence-electron chi connectivity index (χ3n) is 2.48. The van der Waals surface area contributed by atoms with Gasteiger partial charge in [-0.3, -0.25) is 10.1 Å². The Kier molecular flexibility index (Phi) is 5.69. The number of amides is 1. The second-order valence-corrected chi connectivity index (χ2v) is 6.87. The summed E-state index contributed by atoms with van der Waals surface area (Å²) in [6, 6.07) is 7.30. The molecule has 2 aromatic rings. The van der Waals surface area contributed by atoms with E-state index in [2.05, 4.69) is 45.3 Å². The minimum Gasteiger partial charge on any atom is -0.484 e. The number of carbonyl (C=O) groups excluding carboxylic acids is 1. The van der Waals surface area contributed by atoms with Crippen molar-refractivity contribution in [2.75, 3.05) is 11.9 Å². The van der Waals surface area contributed by atoms with Crippen molar-refractivity contribution in [1.82, 2.24) is 10.2 Å². The number of carbonyl (C=O) groups is 1. The molecule has 112 valence electrons. The molecule has 0 spiro atoms. The Morgan fingerprint density at radius 2 is 2.05 bits per heavy atom. The van der Waals surface area contributed by atoms with Gasteiger partial charge in [0.25, 0.3) is 5.91 Å². The predicted octanol–water partition coefficient (Wildman–Crippen LogP) is 3.52. The number of aromatic nitrogens is 2. The van der Waals surface area contributed by atoms with Crippen LogP contribution < -0.4 is 10.1 Å². The molecular formula is C14H16BrN3O2S. The van der Waals surface area contributed by atoms with Crippen LogP contribution in [0.3, 0.4) is 0 Å². The van der Waals surface area contributed by atoms with Gasteiger partial charge in [-0.05, 0) is 30.2 Å². The fourth-order valence-electron chi connectivity index (χ4n) is 1.57. The molecule has 1 heterocycles. The number of nitrogens with one attached hydrogen (secondary N) is 1. The highest BCUT2D eigenvalue weighted by molar-refractivity contribution is 9.10. The summed E-state index contributed by atoms with van der Waals surface area (Å²) in [4.78, 5) is 11.8. The van der Waals surface area contributed by atoms with E-state index in [1.807, 2.05) is 12.1 Å². The highest BCUT2D eigenvalue weighted by atomic mass is 79.9. The van der Waals surface area contributed by atoms with E-state index in [-0.39, 0.29) is 12.5 Å². The smallest absolute Gasteiger partial charge is 0.264 e. The minimum absolute atomic E-state index is 0.0548. The standard InChI is InChI=1S/C14H16BrN3O2S/c1-9(2)7-13-17-18-14(21-13)16-12(19)8-20-11-5-3-10(15)4-6-11/h3-6,9H,7-8H2,1-2H3,(H,16,18,19). The molecule has 1 aromatic heterocycles. The Morgan fingerprint density at radius 3 is 2.71 bits per heavy atom. The van der Waals surface area contributed by atoms with E-state index in [1.165, 1.54) is 11.3 Å². The third-order valence-corrected chi connectivity index (χ3v) is 3.87. The summed E-state index contributed by atoms with van der Waals surface area (Å²) < 4.78 is 6.35. The quantitative estimate of drug-likeness (QED) is 0.845. The molecule has 0 aliphatic heterocycles. The lowest BCUT2D eigenvalue weighted by Crippen LogP contribution is -2.20. The number of benzene rings is 1. The zero-order valence-corrected chi connectivity index (χ0v) is 14.2. The summed E-state index contributed by atoms with van der Waals surface area (Å²) in [7, 11) is 0. The van der Waals surface area contributed by atoms with Crippen LogP contribution in [-0.2, 0) is 11.2 Å². The average molecular weight is 370 g/mol. The molecule has 1 N–H and O–H groups in total. The monoisotopic (exact) mass is 369 g/mol. The maximum atomic E-state index is 11.8. The zero-order valence-electron chi connectivity index (χ0n) is 11.8. The molecule has 0 radical (unpaired) electrons. The lowest BCUT2D eigenvalue weighted by molar-refractivity contribution is -0.118. The van der Waals surface area contributed by atoms with Crippen molar-refractivity contribution in [2.24, 2.45) is 5.92 Å². The number of halogens is 1. The second kappa shape index (κ2) is 7.51. The Balaban J connectivity index is 1.81. The van der Waals surface area contributed by atoms with Gasteiger partial charge in [-0.2, -0.15) is 0 Å². The fourth-order valence-corrected chi connectivity index (χ4v) is 2.80. The van der Waals surface area contributed by atoms with Crippen LogP contribution in [0.4, 0.5) is 5.13 Å². The minimum atomic E-state index is -0.245. The van der Waals surface area contributed by atoms with Gasteiger partial charge in [-0.1, -0.05) is 41.1 Å². The molecule has 0 atom stereocenters. The normalized spacial score (nSPS) is 10.7. The number of anilines is 1. The molecule has 0 bridgehead atoms. The lowest BCUT2D eigenvalue weighted by Gasteiger charge is -2.05. The van der Waals surface area contributed by atoms with Gasteiger partial charge in [-0.15, -0.1) is 10.2 Å². The van der Waals surface area contributed by atoms with Gasteiger partial charge in [0.15, 0.2) is 6.61 Å². The van der Waals surface area contributed by atoms with Crippen molar-refractivity contribution in [2.45, 2.75) is 20.3 Å². The first-order valence-electron chi connectivity index (χ1n) is 6.53. The molecule has 7 heteroatoms. The van der Waals surface area contributed by atoms with E-state index in [9.17, 15) is 4.79 Å². The fraction of sp³-hybridized carbons (Fsp3) is 0.357. The molecule has 2 rings (SSSR count). The maximum Gasteiger partial charge on any atom is 0.264 e. The van der Waals surface area contributed by atoms with Crippen molar-refractivity contribution in [3.63, 3.8) is 0 Å². The highest BCUT2D eigenvalue weighted by Gasteiger charge is 2.10. The van der Waals surface area contributed by atoms with Crippen LogP contribution in [0.15, 0.2) is 28.7 Å². The molecule has 5 nitrogen and oxygen atoms in total. The number of hydrogen-bond acceptors (Lipinski definition) is 5. The number of hydrogen-bond donors (Lipinski definition) is 1. The Morgan fingerprint density at radius 1 is 1.33 bits per heavy atom. The number of ether oxygens (including phenoxy) is 1. The summed E-state index contributed by atoms with van der Waals surface area (Å²) in [6.07, 6.45) is 0.864. The summed E-state index contributed by atoms with van der Waals surface area (Å²) in [5.74, 6) is 0.915. The van der Waals surface area contributed by atoms with Gasteiger partial charge in [0, 0.05) is 10.9 Å². The zero-order chi connectivity index (χ0) is 15.2. The molecule has 1 aromatic carbocycles. The van der Waals surface area contributed by atoms with E-state index >= 15 is 0 Å². The molecule has 21 heavy (non-hydrogen) atoms. The van der Waals surface area contributed by atoms with E-state index < -0.39 is 0 Å². The Labute approximate surface area is 135 Å². The molecular weight excluding hydrogens is 354 g/mol. The summed E-state index contributed by atoms with van der Waals surface area (Å²) in [5, 5.41) is 12.1. The van der Waals surface area contributed by atoms with Crippen molar-refractivity contribution in [3.05, 3.63) is 33.7 Å². The van der Waals surface area contributed by atoms with Crippen LogP contribution in [0.1, 0.15) is 18.9 Å². The largest absolute Gasteiger partial charge is 0.484 e. The Bertz CT molecular complexity index is 599. The van der Waals surface area contributed by atoms with Crippen LogP contribution in [0.5, 0.6) is 5.75 Å². The first kappa shape index (κ1) is 15.9. The van der Waals surface area contributed by atoms with Crippen LogP contribution in [-0.4, -0.2) is 22.7 Å². The first-order chi connectivity index (χ1) is 10.0. The van der Waals surface area contributed by atoms with Crippen molar-refractivity contribution in [3.8, 4) is 5.75 Å². The summed E-state index contributed by atoms with van der Waals surface area (Å²) in [6.45, 7) is 4.18. The van der Waals surface area contributed by atoms with Crippen LogP contribution in [0.25, 0.3) is 0 Å². The van der Waals surface area contributed by atoms with Gasteiger partial charge in [0.2, 0.25) is 5.13 Å². The highest BCUT2D eigenvalue weighted by Crippen LogP contribution is 2.19. The van der Waals surface area contributed by atoms with E-state index in [0.717, 1.165) is 15.9 Å². The van der Waals surface area contributed by atoms with Crippen LogP contribution in [0.2, 0.25) is 0 Å². The van der Waals surface area contributed by atoms with Gasteiger partial charge in [0.1, 0.15) is 10.8 Å². The van der Waals surface area contributed by atoms with Gasteiger partial charge < -0.3 is 4.74 Å². The SMILES string of the molecule is CC(C)Cc1nnc(NC(=O)COc2ccc(Br)cc2)s1. The first-order valence-corrected chi connectivity index (χ1v) is 8.14. The van der Waals surface area contributed by atoms with Gasteiger partial charge in [-0.25, -0.2) is 0 Å². The molecule has 0 saturated carbocycles. The number of nitrogens with zero attached hydrogens (tertiary/aromatic N) is 2. The van der Waals surface area contributed by atoms with Crippen LogP contribution >= 0.6 is 27.3 Å². The van der Waals surface area contributed by atoms with Crippen molar-refractivity contribution < 1.29 is 9.53 Å².